The van der Waals surface area contributed by atoms with E-state index in [0.717, 1.165) is 25.9 Å². The summed E-state index contributed by atoms with van der Waals surface area (Å²) in [7, 11) is 0. The molecule has 0 saturated heterocycles. The van der Waals surface area contributed by atoms with Crippen LogP contribution >= 0.6 is 0 Å². The van der Waals surface area contributed by atoms with E-state index >= 15 is 0 Å². The van der Waals surface area contributed by atoms with Crippen molar-refractivity contribution < 1.29 is 28.5 Å². The van der Waals surface area contributed by atoms with Gasteiger partial charge in [0.25, 0.3) is 0 Å². The van der Waals surface area contributed by atoms with Crippen LogP contribution in [0.25, 0.3) is 0 Å². The molecule has 23 heavy (non-hydrogen) atoms. The molecule has 0 aromatic carbocycles. The van der Waals surface area contributed by atoms with Crippen LogP contribution in [0.2, 0.25) is 0 Å². The Morgan fingerprint density at radius 1 is 0.609 bits per heavy atom. The first kappa shape index (κ1) is 22.3. The summed E-state index contributed by atoms with van der Waals surface area (Å²) in [5.74, 6) is -0.150. The van der Waals surface area contributed by atoms with Crippen LogP contribution in [0.4, 0.5) is 0 Å². The zero-order valence-corrected chi connectivity index (χ0v) is 14.8. The molecule has 6 heteroatoms. The van der Waals surface area contributed by atoms with Gasteiger partial charge < -0.3 is 23.7 Å². The summed E-state index contributed by atoms with van der Waals surface area (Å²) in [6, 6.07) is 0. The normalized spacial score (nSPS) is 10.9. The van der Waals surface area contributed by atoms with Crippen molar-refractivity contribution in [1.29, 1.82) is 0 Å². The van der Waals surface area contributed by atoms with Crippen molar-refractivity contribution in [2.75, 3.05) is 59.5 Å². The van der Waals surface area contributed by atoms with Gasteiger partial charge in [0.1, 0.15) is 0 Å². The van der Waals surface area contributed by atoms with E-state index < -0.39 is 0 Å². The molecule has 0 spiro atoms. The van der Waals surface area contributed by atoms with Gasteiger partial charge in [0.15, 0.2) is 0 Å². The Labute approximate surface area is 140 Å². The third kappa shape index (κ3) is 19.3. The molecule has 0 bridgehead atoms. The Bertz CT molecular complexity index is 247. The summed E-state index contributed by atoms with van der Waals surface area (Å²) in [5.41, 5.74) is 0. The molecule has 0 saturated carbocycles. The molecule has 0 aliphatic rings. The highest BCUT2D eigenvalue weighted by molar-refractivity contribution is 5.69. The first-order chi connectivity index (χ1) is 11.3. The van der Waals surface area contributed by atoms with Crippen LogP contribution < -0.4 is 0 Å². The predicted octanol–water partition coefficient (Wildman–Crippen LogP) is 2.59. The monoisotopic (exact) mass is 334 g/mol. The maximum atomic E-state index is 11.2. The van der Waals surface area contributed by atoms with Crippen molar-refractivity contribution in [2.24, 2.45) is 0 Å². The van der Waals surface area contributed by atoms with Crippen LogP contribution in [-0.2, 0) is 28.5 Å². The second kappa shape index (κ2) is 19.4. The van der Waals surface area contributed by atoms with Gasteiger partial charge in [-0.15, -0.1) is 0 Å². The molecule has 0 unspecified atom stereocenters. The van der Waals surface area contributed by atoms with Gasteiger partial charge in [-0.05, 0) is 19.3 Å². The fraction of sp³-hybridized carbons (Fsp3) is 0.941. The lowest BCUT2D eigenvalue weighted by molar-refractivity contribution is -0.144. The summed E-state index contributed by atoms with van der Waals surface area (Å²) < 4.78 is 26.5. The van der Waals surface area contributed by atoms with Crippen LogP contribution in [0.15, 0.2) is 0 Å². The molecule has 6 nitrogen and oxygen atoms in total. The predicted molar refractivity (Wildman–Crippen MR) is 88.7 cm³/mol. The van der Waals surface area contributed by atoms with Crippen molar-refractivity contribution >= 4 is 5.97 Å². The maximum absolute atomic E-state index is 11.2. The minimum absolute atomic E-state index is 0.150. The molecule has 0 amide bonds. The highest BCUT2D eigenvalue weighted by Crippen LogP contribution is 1.95. The fourth-order valence-corrected chi connectivity index (χ4v) is 1.61. The number of esters is 1. The molecule has 0 aliphatic heterocycles. The first-order valence-corrected chi connectivity index (χ1v) is 8.77. The van der Waals surface area contributed by atoms with Crippen molar-refractivity contribution in [1.82, 2.24) is 0 Å². The van der Waals surface area contributed by atoms with Gasteiger partial charge in [0.05, 0.1) is 46.2 Å². The number of unbranched alkanes of at least 4 members (excludes halogenated alkanes) is 1. The van der Waals surface area contributed by atoms with Crippen LogP contribution in [0.3, 0.4) is 0 Å². The average Bonchev–Trinajstić information content (AvgIpc) is 2.56. The zero-order chi connectivity index (χ0) is 17.0. The summed E-state index contributed by atoms with van der Waals surface area (Å²) >= 11 is 0. The van der Waals surface area contributed by atoms with Crippen LogP contribution in [0.5, 0.6) is 0 Å². The van der Waals surface area contributed by atoms with Gasteiger partial charge in [-0.25, -0.2) is 0 Å². The Balaban J connectivity index is 3.04. The second-order valence-electron chi connectivity index (χ2n) is 5.13. The quantitative estimate of drug-likeness (QED) is 0.284. The van der Waals surface area contributed by atoms with Gasteiger partial charge in [-0.1, -0.05) is 20.3 Å². The third-order valence-corrected chi connectivity index (χ3v) is 2.90. The number of carbonyl (C=O) groups excluding carboxylic acids is 1. The van der Waals surface area contributed by atoms with Crippen molar-refractivity contribution in [3.8, 4) is 0 Å². The van der Waals surface area contributed by atoms with Gasteiger partial charge in [0.2, 0.25) is 0 Å². The summed E-state index contributed by atoms with van der Waals surface area (Å²) in [5, 5.41) is 0. The molecule has 0 radical (unpaired) electrons. The lowest BCUT2D eigenvalue weighted by Gasteiger charge is -2.07. The minimum Gasteiger partial charge on any atom is -0.466 e. The molecule has 0 N–H and O–H groups in total. The van der Waals surface area contributed by atoms with E-state index in [-0.39, 0.29) is 5.97 Å². The van der Waals surface area contributed by atoms with Gasteiger partial charge >= 0.3 is 5.97 Å². The van der Waals surface area contributed by atoms with Gasteiger partial charge in [0, 0.05) is 19.6 Å². The molecule has 0 aromatic heterocycles. The largest absolute Gasteiger partial charge is 0.466 e. The Morgan fingerprint density at radius 2 is 1.09 bits per heavy atom. The number of carbonyl (C=O) groups is 1. The summed E-state index contributed by atoms with van der Waals surface area (Å²) in [6.07, 6.45) is 4.20. The van der Waals surface area contributed by atoms with E-state index in [4.69, 9.17) is 23.7 Å². The van der Waals surface area contributed by atoms with Gasteiger partial charge in [-0.2, -0.15) is 0 Å². The van der Waals surface area contributed by atoms with Crippen molar-refractivity contribution in [3.63, 3.8) is 0 Å². The zero-order valence-electron chi connectivity index (χ0n) is 14.8. The van der Waals surface area contributed by atoms with E-state index in [0.29, 0.717) is 65.7 Å². The maximum Gasteiger partial charge on any atom is 0.305 e. The second-order valence-corrected chi connectivity index (χ2v) is 5.13. The molecular formula is C17H34O6. The third-order valence-electron chi connectivity index (χ3n) is 2.90. The van der Waals surface area contributed by atoms with Crippen LogP contribution in [-0.4, -0.2) is 65.4 Å². The number of hydrogen-bond acceptors (Lipinski definition) is 6. The Morgan fingerprint density at radius 3 is 1.57 bits per heavy atom. The lowest BCUT2D eigenvalue weighted by atomic mass is 10.3. The topological polar surface area (TPSA) is 63.2 Å². The SMILES string of the molecule is CCCCOCCOCCOCCOCCCC(=O)OCCC. The minimum atomic E-state index is -0.150. The van der Waals surface area contributed by atoms with Crippen LogP contribution in [0.1, 0.15) is 46.0 Å². The van der Waals surface area contributed by atoms with E-state index in [1.807, 2.05) is 6.92 Å². The highest BCUT2D eigenvalue weighted by atomic mass is 16.6. The summed E-state index contributed by atoms with van der Waals surface area (Å²) in [4.78, 5) is 11.2. The molecule has 0 aromatic rings. The average molecular weight is 334 g/mol. The Kier molecular flexibility index (Phi) is 18.8. The van der Waals surface area contributed by atoms with Crippen molar-refractivity contribution in [2.45, 2.75) is 46.0 Å². The van der Waals surface area contributed by atoms with Crippen molar-refractivity contribution in [3.05, 3.63) is 0 Å². The van der Waals surface area contributed by atoms with E-state index in [2.05, 4.69) is 6.92 Å². The van der Waals surface area contributed by atoms with Gasteiger partial charge in [-0.3, -0.25) is 4.79 Å². The number of rotatable bonds is 18. The standard InChI is InChI=1S/C17H34O6/c1-3-5-9-19-11-13-21-15-16-22-14-12-20-10-6-7-17(18)23-8-4-2/h3-16H2,1-2H3. The Hall–Kier alpha value is -0.690. The molecule has 0 rings (SSSR count). The van der Waals surface area contributed by atoms with E-state index in [1.54, 1.807) is 0 Å². The van der Waals surface area contributed by atoms with E-state index in [1.165, 1.54) is 0 Å². The molecule has 0 atom stereocenters. The molecular weight excluding hydrogens is 300 g/mol. The summed E-state index contributed by atoms with van der Waals surface area (Å²) in [6.45, 7) is 9.43. The molecule has 0 fully saturated rings. The number of hydrogen-bond donors (Lipinski definition) is 0. The van der Waals surface area contributed by atoms with Crippen LogP contribution in [0, 0.1) is 0 Å². The highest BCUT2D eigenvalue weighted by Gasteiger charge is 2.01. The smallest absolute Gasteiger partial charge is 0.305 e. The first-order valence-electron chi connectivity index (χ1n) is 8.77. The molecule has 138 valence electrons. The van der Waals surface area contributed by atoms with E-state index in [9.17, 15) is 4.79 Å². The lowest BCUT2D eigenvalue weighted by Crippen LogP contribution is -2.12. The molecule has 0 heterocycles. The fourth-order valence-electron chi connectivity index (χ4n) is 1.61. The molecule has 0 aliphatic carbocycles. The number of ether oxygens (including phenoxy) is 5.